The summed E-state index contributed by atoms with van der Waals surface area (Å²) in [5.41, 5.74) is 3.27. The van der Waals surface area contributed by atoms with Gasteiger partial charge in [-0.3, -0.25) is 10.1 Å². The van der Waals surface area contributed by atoms with Gasteiger partial charge in [0.2, 0.25) is 0 Å². The van der Waals surface area contributed by atoms with Crippen LogP contribution >= 0.6 is 0 Å². The third-order valence-corrected chi connectivity index (χ3v) is 4.30. The van der Waals surface area contributed by atoms with E-state index in [2.05, 4.69) is 5.10 Å². The van der Waals surface area contributed by atoms with E-state index in [0.29, 0.717) is 11.4 Å². The Morgan fingerprint density at radius 2 is 1.63 bits per heavy atom. The second-order valence-electron chi connectivity index (χ2n) is 5.93. The normalized spacial score (nSPS) is 10.8. The van der Waals surface area contributed by atoms with Gasteiger partial charge >= 0.3 is 5.97 Å². The Labute approximate surface area is 153 Å². The van der Waals surface area contributed by atoms with Crippen LogP contribution in [0.2, 0.25) is 0 Å². The van der Waals surface area contributed by atoms with Crippen molar-refractivity contribution >= 4 is 22.6 Å². The molecule has 0 amide bonds. The van der Waals surface area contributed by atoms with Crippen LogP contribution in [0.15, 0.2) is 72.8 Å². The van der Waals surface area contributed by atoms with Crippen molar-refractivity contribution in [2.24, 2.45) is 0 Å². The van der Waals surface area contributed by atoms with Gasteiger partial charge in [-0.1, -0.05) is 30.3 Å². The zero-order chi connectivity index (χ0) is 19.0. The van der Waals surface area contributed by atoms with Gasteiger partial charge < -0.3 is 5.11 Å². The van der Waals surface area contributed by atoms with Crippen LogP contribution < -0.4 is 0 Å². The fraction of sp³-hybridized carbons (Fsp3) is 0. The first-order valence-corrected chi connectivity index (χ1v) is 8.11. The zero-order valence-electron chi connectivity index (χ0n) is 13.9. The molecule has 0 unspecified atom stereocenters. The van der Waals surface area contributed by atoms with E-state index in [1.807, 2.05) is 24.3 Å². The van der Waals surface area contributed by atoms with E-state index < -0.39 is 10.9 Å². The number of rotatable bonds is 4. The lowest BCUT2D eigenvalue weighted by Gasteiger charge is -2.03. The highest BCUT2D eigenvalue weighted by molar-refractivity contribution is 5.95. The molecule has 27 heavy (non-hydrogen) atoms. The Bertz CT molecular complexity index is 1070. The number of hydrogen-bond acceptors (Lipinski definition) is 4. The molecule has 0 aliphatic heterocycles. The first-order valence-electron chi connectivity index (χ1n) is 8.11. The standard InChI is InChI=1S/C20H13N3O4/c24-20(25)14-7-5-13(6-8-14)19-17-3-1-2-4-18(17)22(21-19)15-9-11-16(12-10-15)23(26)27/h1-12H,(H,24,25). The quantitative estimate of drug-likeness (QED) is 0.433. The monoisotopic (exact) mass is 359 g/mol. The molecular weight excluding hydrogens is 346 g/mol. The van der Waals surface area contributed by atoms with Gasteiger partial charge in [0.1, 0.15) is 5.69 Å². The molecular formula is C20H13N3O4. The largest absolute Gasteiger partial charge is 0.478 e. The maximum absolute atomic E-state index is 11.1. The molecule has 0 aliphatic carbocycles. The number of nitrogens with zero attached hydrogens (tertiary/aromatic N) is 3. The smallest absolute Gasteiger partial charge is 0.335 e. The second-order valence-corrected chi connectivity index (χ2v) is 5.93. The molecule has 4 aromatic rings. The third kappa shape index (κ3) is 2.91. The van der Waals surface area contributed by atoms with Crippen LogP contribution in [0, 0.1) is 10.1 Å². The van der Waals surface area contributed by atoms with Crippen molar-refractivity contribution in [1.29, 1.82) is 0 Å². The molecule has 0 saturated heterocycles. The van der Waals surface area contributed by atoms with Crippen molar-refractivity contribution in [2.45, 2.75) is 0 Å². The van der Waals surface area contributed by atoms with Crippen molar-refractivity contribution < 1.29 is 14.8 Å². The van der Waals surface area contributed by atoms with Gasteiger partial charge in [0.15, 0.2) is 0 Å². The van der Waals surface area contributed by atoms with E-state index in [-0.39, 0.29) is 11.3 Å². The van der Waals surface area contributed by atoms with Gasteiger partial charge in [-0.25, -0.2) is 9.48 Å². The first kappa shape index (κ1) is 16.5. The van der Waals surface area contributed by atoms with Crippen molar-refractivity contribution in [3.05, 3.63) is 88.5 Å². The van der Waals surface area contributed by atoms with Crippen molar-refractivity contribution in [2.75, 3.05) is 0 Å². The molecule has 0 radical (unpaired) electrons. The number of aromatic nitrogens is 2. The minimum atomic E-state index is -0.984. The number of aromatic carboxylic acids is 1. The Hall–Kier alpha value is -4.00. The molecule has 7 nitrogen and oxygen atoms in total. The fourth-order valence-electron chi connectivity index (χ4n) is 2.96. The lowest BCUT2D eigenvalue weighted by atomic mass is 10.1. The summed E-state index contributed by atoms with van der Waals surface area (Å²) >= 11 is 0. The van der Waals surface area contributed by atoms with E-state index >= 15 is 0 Å². The van der Waals surface area contributed by atoms with E-state index in [1.165, 1.54) is 24.3 Å². The van der Waals surface area contributed by atoms with E-state index in [0.717, 1.165) is 16.5 Å². The maximum Gasteiger partial charge on any atom is 0.335 e. The van der Waals surface area contributed by atoms with E-state index in [4.69, 9.17) is 5.11 Å². The number of hydrogen-bond donors (Lipinski definition) is 1. The lowest BCUT2D eigenvalue weighted by molar-refractivity contribution is -0.384. The molecule has 0 spiro atoms. The number of para-hydroxylation sites is 1. The summed E-state index contributed by atoms with van der Waals surface area (Å²) in [6.45, 7) is 0. The number of carboxylic acids is 1. The van der Waals surface area contributed by atoms with Crippen LogP contribution in [0.25, 0.3) is 27.8 Å². The van der Waals surface area contributed by atoms with Crippen LogP contribution in [0.1, 0.15) is 10.4 Å². The molecule has 4 rings (SSSR count). The molecule has 0 bridgehead atoms. The number of fused-ring (bicyclic) bond motifs is 1. The summed E-state index contributed by atoms with van der Waals surface area (Å²) in [4.78, 5) is 21.5. The highest BCUT2D eigenvalue weighted by Gasteiger charge is 2.14. The summed E-state index contributed by atoms with van der Waals surface area (Å²) in [6.07, 6.45) is 0. The average Bonchev–Trinajstić information content (AvgIpc) is 3.08. The minimum absolute atomic E-state index is 0.0136. The summed E-state index contributed by atoms with van der Waals surface area (Å²) < 4.78 is 1.72. The highest BCUT2D eigenvalue weighted by atomic mass is 16.6. The number of non-ortho nitro benzene ring substituents is 1. The summed E-state index contributed by atoms with van der Waals surface area (Å²) in [7, 11) is 0. The van der Waals surface area contributed by atoms with Crippen LogP contribution in [-0.2, 0) is 0 Å². The van der Waals surface area contributed by atoms with Gasteiger partial charge in [-0.2, -0.15) is 5.10 Å². The van der Waals surface area contributed by atoms with E-state index in [9.17, 15) is 14.9 Å². The molecule has 0 fully saturated rings. The van der Waals surface area contributed by atoms with Gasteiger partial charge in [-0.15, -0.1) is 0 Å². The van der Waals surface area contributed by atoms with Gasteiger partial charge in [0, 0.05) is 23.1 Å². The lowest BCUT2D eigenvalue weighted by Crippen LogP contribution is -1.97. The topological polar surface area (TPSA) is 98.3 Å². The molecule has 3 aromatic carbocycles. The van der Waals surface area contributed by atoms with Gasteiger partial charge in [0.25, 0.3) is 5.69 Å². The molecule has 0 saturated carbocycles. The second kappa shape index (κ2) is 6.38. The first-order chi connectivity index (χ1) is 13.0. The molecule has 132 valence electrons. The Balaban J connectivity index is 1.86. The van der Waals surface area contributed by atoms with Crippen molar-refractivity contribution in [1.82, 2.24) is 9.78 Å². The number of benzene rings is 3. The zero-order valence-corrected chi connectivity index (χ0v) is 13.9. The molecule has 0 atom stereocenters. The van der Waals surface area contributed by atoms with Crippen LogP contribution in [0.4, 0.5) is 5.69 Å². The maximum atomic E-state index is 11.1. The van der Waals surface area contributed by atoms with Crippen molar-refractivity contribution in [3.8, 4) is 16.9 Å². The number of carboxylic acid groups (broad SMARTS) is 1. The fourth-order valence-corrected chi connectivity index (χ4v) is 2.96. The molecule has 1 N–H and O–H groups in total. The van der Waals surface area contributed by atoms with E-state index in [1.54, 1.807) is 28.9 Å². The van der Waals surface area contributed by atoms with Crippen LogP contribution in [0.3, 0.4) is 0 Å². The Morgan fingerprint density at radius 1 is 0.963 bits per heavy atom. The average molecular weight is 359 g/mol. The third-order valence-electron chi connectivity index (χ3n) is 4.30. The molecule has 1 aromatic heterocycles. The number of carbonyl (C=O) groups is 1. The van der Waals surface area contributed by atoms with Gasteiger partial charge in [0.05, 0.1) is 21.7 Å². The van der Waals surface area contributed by atoms with Crippen LogP contribution in [0.5, 0.6) is 0 Å². The number of nitro benzene ring substituents is 1. The summed E-state index contributed by atoms with van der Waals surface area (Å²) in [5.74, 6) is -0.984. The number of nitro groups is 1. The van der Waals surface area contributed by atoms with Crippen LogP contribution in [-0.4, -0.2) is 25.8 Å². The predicted octanol–water partition coefficient (Wildman–Crippen LogP) is 4.30. The molecule has 7 heteroatoms. The SMILES string of the molecule is O=C(O)c1ccc(-c2nn(-c3ccc([N+](=O)[O-])cc3)c3ccccc23)cc1. The van der Waals surface area contributed by atoms with Gasteiger partial charge in [-0.05, 0) is 30.3 Å². The Kier molecular flexibility index (Phi) is 3.89. The Morgan fingerprint density at radius 3 is 2.26 bits per heavy atom. The summed E-state index contributed by atoms with van der Waals surface area (Å²) in [6, 6.07) is 20.3. The summed E-state index contributed by atoms with van der Waals surface area (Å²) in [5, 5.41) is 25.5. The highest BCUT2D eigenvalue weighted by Crippen LogP contribution is 2.30. The molecule has 1 heterocycles. The predicted molar refractivity (Wildman–Crippen MR) is 100 cm³/mol. The van der Waals surface area contributed by atoms with Crippen molar-refractivity contribution in [3.63, 3.8) is 0 Å². The molecule has 0 aliphatic rings. The minimum Gasteiger partial charge on any atom is -0.478 e.